The maximum Gasteiger partial charge on any atom is 0.252 e. The number of nitrogens with zero attached hydrogens (tertiary/aromatic N) is 3. The molecule has 0 saturated heterocycles. The van der Waals surface area contributed by atoms with Crippen LogP contribution in [0.15, 0.2) is 35.7 Å². The van der Waals surface area contributed by atoms with Crippen LogP contribution < -0.4 is 14.4 Å². The minimum atomic E-state index is -0.0739. The molecule has 0 bridgehead atoms. The van der Waals surface area contributed by atoms with Crippen molar-refractivity contribution in [2.75, 3.05) is 46.3 Å². The fraction of sp³-hybridized carbons (Fsp3) is 0.333. The number of ether oxygens (including phenoxy) is 2. The molecule has 2 heterocycles. The highest BCUT2D eigenvalue weighted by Crippen LogP contribution is 2.37. The molecule has 0 spiro atoms. The molecule has 3 aromatic rings. The van der Waals surface area contributed by atoms with E-state index in [-0.39, 0.29) is 18.3 Å². The zero-order valence-corrected chi connectivity index (χ0v) is 19.9. The molecule has 0 aliphatic rings. The molecule has 1 amide bonds. The van der Waals surface area contributed by atoms with Crippen molar-refractivity contribution in [1.82, 2.24) is 9.88 Å². The lowest BCUT2D eigenvalue weighted by molar-refractivity contribution is -0.114. The maximum absolute atomic E-state index is 13.0. The molecule has 30 heavy (non-hydrogen) atoms. The van der Waals surface area contributed by atoms with E-state index in [1.54, 1.807) is 36.5 Å². The molecule has 0 radical (unpaired) electrons. The summed E-state index contributed by atoms with van der Waals surface area (Å²) < 4.78 is 11.7. The molecule has 2 aromatic heterocycles. The largest absolute Gasteiger partial charge is 0.493 e. The molecule has 9 heteroatoms. The molecule has 162 valence electrons. The van der Waals surface area contributed by atoms with Gasteiger partial charge in [0.2, 0.25) is 0 Å². The molecule has 0 aliphatic carbocycles. The standard InChI is InChI=1S/C21H25N3O3S2.ClH/c1-23(2)10-6-11-24(20(25)9-8-15-7-5-12-28-15)21-22-16-13-17(26-3)18(27-4)14-19(16)29-21;/h5,7-9,12-14H,6,10-11H2,1-4H3;1H. The van der Waals surface area contributed by atoms with Gasteiger partial charge in [-0.2, -0.15) is 0 Å². The van der Waals surface area contributed by atoms with Crippen molar-refractivity contribution in [3.63, 3.8) is 0 Å². The lowest BCUT2D eigenvalue weighted by Gasteiger charge is -2.19. The minimum Gasteiger partial charge on any atom is -0.493 e. The number of halogens is 1. The van der Waals surface area contributed by atoms with Crippen molar-refractivity contribution in [2.24, 2.45) is 0 Å². The monoisotopic (exact) mass is 467 g/mol. The number of amides is 1. The minimum absolute atomic E-state index is 0. The number of thiazole rings is 1. The van der Waals surface area contributed by atoms with E-state index in [1.165, 1.54) is 11.3 Å². The number of hydrogen-bond acceptors (Lipinski definition) is 7. The van der Waals surface area contributed by atoms with Gasteiger partial charge < -0.3 is 14.4 Å². The quantitative estimate of drug-likeness (QED) is 0.423. The van der Waals surface area contributed by atoms with Gasteiger partial charge in [0.25, 0.3) is 5.91 Å². The van der Waals surface area contributed by atoms with Crippen LogP contribution in [0.5, 0.6) is 11.5 Å². The van der Waals surface area contributed by atoms with Gasteiger partial charge in [0.05, 0.1) is 24.4 Å². The van der Waals surface area contributed by atoms with Gasteiger partial charge in [0, 0.05) is 29.6 Å². The highest BCUT2D eigenvalue weighted by Gasteiger charge is 2.19. The Balaban J connectivity index is 0.00000320. The summed E-state index contributed by atoms with van der Waals surface area (Å²) in [6.07, 6.45) is 4.33. The molecule has 0 saturated carbocycles. The number of fused-ring (bicyclic) bond motifs is 1. The Labute approximate surface area is 191 Å². The van der Waals surface area contributed by atoms with Crippen molar-refractivity contribution in [3.8, 4) is 11.5 Å². The Bertz CT molecular complexity index is 946. The third-order valence-electron chi connectivity index (χ3n) is 4.30. The summed E-state index contributed by atoms with van der Waals surface area (Å²) in [6, 6.07) is 7.70. The molecule has 0 aliphatic heterocycles. The Morgan fingerprint density at radius 1 is 1.17 bits per heavy atom. The smallest absolute Gasteiger partial charge is 0.252 e. The zero-order chi connectivity index (χ0) is 20.8. The third-order valence-corrected chi connectivity index (χ3v) is 6.18. The summed E-state index contributed by atoms with van der Waals surface area (Å²) in [5.74, 6) is 1.20. The van der Waals surface area contributed by atoms with E-state index < -0.39 is 0 Å². The van der Waals surface area contributed by atoms with E-state index in [2.05, 4.69) is 4.90 Å². The molecule has 0 fully saturated rings. The number of methoxy groups -OCH3 is 2. The molecule has 6 nitrogen and oxygen atoms in total. The highest BCUT2D eigenvalue weighted by molar-refractivity contribution is 7.22. The molecular weight excluding hydrogens is 442 g/mol. The van der Waals surface area contributed by atoms with Crippen LogP contribution in [0.4, 0.5) is 5.13 Å². The van der Waals surface area contributed by atoms with E-state index in [1.807, 2.05) is 49.8 Å². The lowest BCUT2D eigenvalue weighted by atomic mass is 10.3. The van der Waals surface area contributed by atoms with Gasteiger partial charge in [-0.05, 0) is 44.6 Å². The first-order valence-corrected chi connectivity index (χ1v) is 10.9. The highest BCUT2D eigenvalue weighted by atomic mass is 35.5. The second-order valence-corrected chi connectivity index (χ2v) is 8.66. The fourth-order valence-electron chi connectivity index (χ4n) is 2.83. The number of anilines is 1. The van der Waals surface area contributed by atoms with Crippen LogP contribution in [-0.4, -0.2) is 57.2 Å². The Kier molecular flexibility index (Phi) is 9.10. The lowest BCUT2D eigenvalue weighted by Crippen LogP contribution is -2.32. The molecule has 0 atom stereocenters. The molecule has 1 aromatic carbocycles. The third kappa shape index (κ3) is 5.95. The zero-order valence-electron chi connectivity index (χ0n) is 17.5. The number of carbonyl (C=O) groups excluding carboxylic acids is 1. The number of rotatable bonds is 9. The molecule has 0 N–H and O–H groups in total. The van der Waals surface area contributed by atoms with E-state index >= 15 is 0 Å². The van der Waals surface area contributed by atoms with Crippen molar-refractivity contribution in [1.29, 1.82) is 0 Å². The second-order valence-electron chi connectivity index (χ2n) is 6.67. The van der Waals surface area contributed by atoms with Gasteiger partial charge in [0.15, 0.2) is 16.6 Å². The number of hydrogen-bond donors (Lipinski definition) is 0. The SMILES string of the molecule is COc1cc2nc(N(CCCN(C)C)C(=O)C=Cc3cccs3)sc2cc1OC.Cl. The average molecular weight is 468 g/mol. The summed E-state index contributed by atoms with van der Waals surface area (Å²) in [7, 11) is 7.26. The van der Waals surface area contributed by atoms with Crippen LogP contribution >= 0.6 is 35.1 Å². The number of aromatic nitrogens is 1. The van der Waals surface area contributed by atoms with Crippen molar-refractivity contribution < 1.29 is 14.3 Å². The number of thiophene rings is 1. The van der Waals surface area contributed by atoms with Crippen LogP contribution in [0.3, 0.4) is 0 Å². The topological polar surface area (TPSA) is 54.9 Å². The van der Waals surface area contributed by atoms with Gasteiger partial charge in [-0.15, -0.1) is 23.7 Å². The summed E-state index contributed by atoms with van der Waals surface area (Å²) in [5, 5.41) is 2.67. The summed E-state index contributed by atoms with van der Waals surface area (Å²) >= 11 is 3.08. The first kappa shape index (κ1) is 24.1. The number of carbonyl (C=O) groups is 1. The van der Waals surface area contributed by atoms with E-state index in [0.29, 0.717) is 23.2 Å². The van der Waals surface area contributed by atoms with Gasteiger partial charge >= 0.3 is 0 Å². The van der Waals surface area contributed by atoms with Gasteiger partial charge in [-0.3, -0.25) is 9.69 Å². The first-order chi connectivity index (χ1) is 14.0. The molecular formula is C21H26ClN3O3S2. The second kappa shape index (κ2) is 11.3. The van der Waals surface area contributed by atoms with Crippen molar-refractivity contribution >= 4 is 62.4 Å². The number of benzene rings is 1. The fourth-order valence-corrected chi connectivity index (χ4v) is 4.46. The summed E-state index contributed by atoms with van der Waals surface area (Å²) in [6.45, 7) is 1.49. The van der Waals surface area contributed by atoms with Crippen LogP contribution in [0.25, 0.3) is 16.3 Å². The van der Waals surface area contributed by atoms with Crippen molar-refractivity contribution in [2.45, 2.75) is 6.42 Å². The summed E-state index contributed by atoms with van der Waals surface area (Å²) in [5.41, 5.74) is 0.787. The Morgan fingerprint density at radius 3 is 2.53 bits per heavy atom. The van der Waals surface area contributed by atoms with Crippen molar-refractivity contribution in [3.05, 3.63) is 40.6 Å². The van der Waals surface area contributed by atoms with Gasteiger partial charge in [-0.1, -0.05) is 17.4 Å². The van der Waals surface area contributed by atoms with Gasteiger partial charge in [-0.25, -0.2) is 4.98 Å². The first-order valence-electron chi connectivity index (χ1n) is 9.22. The Morgan fingerprint density at radius 2 is 1.90 bits per heavy atom. The summed E-state index contributed by atoms with van der Waals surface area (Å²) in [4.78, 5) is 22.6. The van der Waals surface area contributed by atoms with Crippen LogP contribution in [-0.2, 0) is 4.79 Å². The normalized spacial score (nSPS) is 11.1. The van der Waals surface area contributed by atoms with Crippen LogP contribution in [0.1, 0.15) is 11.3 Å². The van der Waals surface area contributed by atoms with E-state index in [4.69, 9.17) is 14.5 Å². The molecule has 0 unspecified atom stereocenters. The average Bonchev–Trinajstić information content (AvgIpc) is 3.37. The van der Waals surface area contributed by atoms with Crippen LogP contribution in [0, 0.1) is 0 Å². The maximum atomic E-state index is 13.0. The predicted octanol–water partition coefficient (Wildman–Crippen LogP) is 4.79. The van der Waals surface area contributed by atoms with Gasteiger partial charge in [0.1, 0.15) is 0 Å². The van der Waals surface area contributed by atoms with E-state index in [9.17, 15) is 4.79 Å². The Hall–Kier alpha value is -2.13. The predicted molar refractivity (Wildman–Crippen MR) is 129 cm³/mol. The van der Waals surface area contributed by atoms with E-state index in [0.717, 1.165) is 28.1 Å². The molecule has 3 rings (SSSR count). The van der Waals surface area contributed by atoms with Crippen LogP contribution in [0.2, 0.25) is 0 Å².